The monoisotopic (exact) mass is 263 g/mol. The van der Waals surface area contributed by atoms with E-state index in [1.807, 2.05) is 30.0 Å². The average molecular weight is 263 g/mol. The van der Waals surface area contributed by atoms with Gasteiger partial charge in [0, 0.05) is 11.1 Å². The van der Waals surface area contributed by atoms with Crippen molar-refractivity contribution in [2.75, 3.05) is 11.5 Å². The minimum absolute atomic E-state index is 0.00503. The summed E-state index contributed by atoms with van der Waals surface area (Å²) >= 11 is 1.91. The van der Waals surface area contributed by atoms with E-state index in [1.54, 1.807) is 0 Å². The minimum Gasteiger partial charge on any atom is -0.459 e. The first-order chi connectivity index (χ1) is 8.66. The summed E-state index contributed by atoms with van der Waals surface area (Å²) in [6.45, 7) is 4.50. The van der Waals surface area contributed by atoms with Crippen molar-refractivity contribution in [3.8, 4) is 0 Å². The standard InChI is InChI=1S/C15H21NOS/c1-11(2)7-8-18-10-13(16)15-9-12-5-3-4-6-14(12)17-15/h3-6,9,11,13H,7-8,10,16H2,1-2H3. The maximum Gasteiger partial charge on any atom is 0.134 e. The van der Waals surface area contributed by atoms with Crippen molar-refractivity contribution in [1.82, 2.24) is 0 Å². The normalized spacial score (nSPS) is 13.3. The first-order valence-electron chi connectivity index (χ1n) is 6.48. The molecule has 0 aliphatic carbocycles. The van der Waals surface area contributed by atoms with Gasteiger partial charge in [-0.2, -0.15) is 11.8 Å². The van der Waals surface area contributed by atoms with Crippen LogP contribution in [0.2, 0.25) is 0 Å². The fourth-order valence-corrected chi connectivity index (χ4v) is 3.02. The lowest BCUT2D eigenvalue weighted by Gasteiger charge is -2.09. The molecule has 1 unspecified atom stereocenters. The third kappa shape index (κ3) is 3.53. The zero-order chi connectivity index (χ0) is 13.0. The fraction of sp³-hybridized carbons (Fsp3) is 0.467. The average Bonchev–Trinajstić information content (AvgIpc) is 2.78. The van der Waals surface area contributed by atoms with Crippen LogP contribution in [0.5, 0.6) is 0 Å². The van der Waals surface area contributed by atoms with E-state index >= 15 is 0 Å². The van der Waals surface area contributed by atoms with E-state index in [4.69, 9.17) is 10.2 Å². The lowest BCUT2D eigenvalue weighted by molar-refractivity contribution is 0.516. The maximum atomic E-state index is 6.16. The molecule has 1 atom stereocenters. The Morgan fingerprint density at radius 3 is 2.78 bits per heavy atom. The molecule has 2 rings (SSSR count). The maximum absolute atomic E-state index is 6.16. The summed E-state index contributed by atoms with van der Waals surface area (Å²) in [5.41, 5.74) is 7.09. The van der Waals surface area contributed by atoms with Gasteiger partial charge in [0.15, 0.2) is 0 Å². The molecule has 3 heteroatoms. The number of fused-ring (bicyclic) bond motifs is 1. The van der Waals surface area contributed by atoms with Crippen molar-refractivity contribution in [3.05, 3.63) is 36.1 Å². The van der Waals surface area contributed by atoms with Crippen LogP contribution in [0.1, 0.15) is 32.1 Å². The van der Waals surface area contributed by atoms with Gasteiger partial charge in [0.1, 0.15) is 11.3 Å². The van der Waals surface area contributed by atoms with Gasteiger partial charge in [-0.15, -0.1) is 0 Å². The summed E-state index contributed by atoms with van der Waals surface area (Å²) < 4.78 is 5.77. The zero-order valence-electron chi connectivity index (χ0n) is 11.1. The molecule has 0 spiro atoms. The van der Waals surface area contributed by atoms with Gasteiger partial charge in [0.2, 0.25) is 0 Å². The second-order valence-electron chi connectivity index (χ2n) is 5.05. The Morgan fingerprint density at radius 1 is 1.28 bits per heavy atom. The Balaban J connectivity index is 1.90. The van der Waals surface area contributed by atoms with Crippen LogP contribution in [0.25, 0.3) is 11.0 Å². The fourth-order valence-electron chi connectivity index (χ4n) is 1.80. The molecule has 2 N–H and O–H groups in total. The van der Waals surface area contributed by atoms with Crippen molar-refractivity contribution in [2.24, 2.45) is 11.7 Å². The number of benzene rings is 1. The number of hydrogen-bond donors (Lipinski definition) is 1. The van der Waals surface area contributed by atoms with Crippen LogP contribution in [0.4, 0.5) is 0 Å². The van der Waals surface area contributed by atoms with Gasteiger partial charge in [-0.25, -0.2) is 0 Å². The van der Waals surface area contributed by atoms with E-state index in [2.05, 4.69) is 26.0 Å². The van der Waals surface area contributed by atoms with Crippen LogP contribution in [-0.4, -0.2) is 11.5 Å². The zero-order valence-corrected chi connectivity index (χ0v) is 11.9. The Hall–Kier alpha value is -0.930. The third-order valence-corrected chi connectivity index (χ3v) is 4.07. The Bertz CT molecular complexity index is 459. The second kappa shape index (κ2) is 6.30. The first-order valence-corrected chi connectivity index (χ1v) is 7.64. The molecule has 2 nitrogen and oxygen atoms in total. The topological polar surface area (TPSA) is 39.2 Å². The number of nitrogens with two attached hydrogens (primary N) is 1. The summed E-state index contributed by atoms with van der Waals surface area (Å²) in [6.07, 6.45) is 1.25. The van der Waals surface area contributed by atoms with Gasteiger partial charge in [0.05, 0.1) is 6.04 Å². The molecule has 0 saturated heterocycles. The van der Waals surface area contributed by atoms with Crippen LogP contribution in [0, 0.1) is 5.92 Å². The Morgan fingerprint density at radius 2 is 2.06 bits per heavy atom. The molecule has 2 aromatic rings. The quantitative estimate of drug-likeness (QED) is 0.793. The van der Waals surface area contributed by atoms with Crippen molar-refractivity contribution < 1.29 is 4.42 Å². The predicted octanol–water partition coefficient (Wildman–Crippen LogP) is 4.21. The van der Waals surface area contributed by atoms with Crippen molar-refractivity contribution >= 4 is 22.7 Å². The molecular weight excluding hydrogens is 242 g/mol. The van der Waals surface area contributed by atoms with Crippen LogP contribution in [0.15, 0.2) is 34.7 Å². The molecule has 1 aromatic heterocycles. The Labute approximate surface area is 113 Å². The molecule has 0 aliphatic rings. The van der Waals surface area contributed by atoms with Crippen LogP contribution < -0.4 is 5.73 Å². The molecule has 18 heavy (non-hydrogen) atoms. The van der Waals surface area contributed by atoms with Crippen LogP contribution in [0.3, 0.4) is 0 Å². The second-order valence-corrected chi connectivity index (χ2v) is 6.20. The highest BCUT2D eigenvalue weighted by Gasteiger charge is 2.11. The molecule has 0 saturated carbocycles. The molecule has 1 heterocycles. The Kier molecular flexibility index (Phi) is 4.72. The molecule has 0 aliphatic heterocycles. The summed E-state index contributed by atoms with van der Waals surface area (Å²) in [4.78, 5) is 0. The van der Waals surface area contributed by atoms with Gasteiger partial charge in [-0.05, 0) is 30.2 Å². The van der Waals surface area contributed by atoms with Gasteiger partial charge in [-0.3, -0.25) is 0 Å². The van der Waals surface area contributed by atoms with E-state index in [1.165, 1.54) is 12.2 Å². The van der Waals surface area contributed by atoms with Gasteiger partial charge in [0.25, 0.3) is 0 Å². The first kappa shape index (κ1) is 13.5. The van der Waals surface area contributed by atoms with Gasteiger partial charge in [-0.1, -0.05) is 32.0 Å². The predicted molar refractivity (Wildman–Crippen MR) is 79.9 cm³/mol. The number of rotatable bonds is 6. The van der Waals surface area contributed by atoms with E-state index < -0.39 is 0 Å². The van der Waals surface area contributed by atoms with Crippen molar-refractivity contribution in [2.45, 2.75) is 26.3 Å². The number of hydrogen-bond acceptors (Lipinski definition) is 3. The smallest absolute Gasteiger partial charge is 0.134 e. The summed E-state index contributed by atoms with van der Waals surface area (Å²) in [5, 5.41) is 1.13. The molecule has 0 fully saturated rings. The summed E-state index contributed by atoms with van der Waals surface area (Å²) in [5.74, 6) is 3.76. The highest BCUT2D eigenvalue weighted by atomic mass is 32.2. The third-order valence-electron chi connectivity index (χ3n) is 2.95. The van der Waals surface area contributed by atoms with Gasteiger partial charge < -0.3 is 10.2 Å². The van der Waals surface area contributed by atoms with Crippen molar-refractivity contribution in [1.29, 1.82) is 0 Å². The molecule has 0 amide bonds. The summed E-state index contributed by atoms with van der Waals surface area (Å²) in [6, 6.07) is 10.1. The highest BCUT2D eigenvalue weighted by molar-refractivity contribution is 7.99. The molecule has 98 valence electrons. The molecular formula is C15H21NOS. The van der Waals surface area contributed by atoms with E-state index in [9.17, 15) is 0 Å². The van der Waals surface area contributed by atoms with Crippen molar-refractivity contribution in [3.63, 3.8) is 0 Å². The summed E-state index contributed by atoms with van der Waals surface area (Å²) in [7, 11) is 0. The van der Waals surface area contributed by atoms with E-state index in [-0.39, 0.29) is 6.04 Å². The largest absolute Gasteiger partial charge is 0.459 e. The highest BCUT2D eigenvalue weighted by Crippen LogP contribution is 2.25. The molecule has 1 aromatic carbocycles. The van der Waals surface area contributed by atoms with E-state index in [0.29, 0.717) is 0 Å². The lowest BCUT2D eigenvalue weighted by Crippen LogP contribution is -2.12. The molecule has 0 bridgehead atoms. The SMILES string of the molecule is CC(C)CCSCC(N)c1cc2ccccc2o1. The number of thioether (sulfide) groups is 1. The van der Waals surface area contributed by atoms with Crippen LogP contribution in [-0.2, 0) is 0 Å². The van der Waals surface area contributed by atoms with E-state index in [0.717, 1.165) is 28.4 Å². The minimum atomic E-state index is -0.00503. The lowest BCUT2D eigenvalue weighted by atomic mass is 10.2. The number of furan rings is 1. The molecule has 0 radical (unpaired) electrons. The van der Waals surface area contributed by atoms with Crippen LogP contribution >= 0.6 is 11.8 Å². The van der Waals surface area contributed by atoms with Gasteiger partial charge >= 0.3 is 0 Å². The number of para-hydroxylation sites is 1.